The number of carbonyl (C=O) groups is 1. The molecule has 0 atom stereocenters. The van der Waals surface area contributed by atoms with Crippen LogP contribution in [0.5, 0.6) is 5.88 Å². The minimum Gasteiger partial charge on any atom is -0.481 e. The van der Waals surface area contributed by atoms with E-state index in [0.717, 1.165) is 16.7 Å². The number of benzene rings is 1. The van der Waals surface area contributed by atoms with E-state index in [9.17, 15) is 4.79 Å². The van der Waals surface area contributed by atoms with Crippen LogP contribution >= 0.6 is 0 Å². The van der Waals surface area contributed by atoms with Crippen molar-refractivity contribution in [2.45, 2.75) is 20.3 Å². The molecule has 0 amide bonds. The Hall–Kier alpha value is -2.23. The Bertz CT molecular complexity index is 589. The fraction of sp³-hybridized carbons (Fsp3) is 0.267. The second-order valence-corrected chi connectivity index (χ2v) is 4.42. The van der Waals surface area contributed by atoms with Crippen molar-refractivity contribution in [3.8, 4) is 5.88 Å². The van der Waals surface area contributed by atoms with Gasteiger partial charge in [0, 0.05) is 11.6 Å². The highest BCUT2D eigenvalue weighted by Gasteiger charge is 2.13. The Labute approximate surface area is 112 Å². The van der Waals surface area contributed by atoms with Crippen LogP contribution in [0.4, 0.5) is 0 Å². The van der Waals surface area contributed by atoms with Crippen LogP contribution in [0.15, 0.2) is 30.6 Å². The molecular formula is C15H16N2O2. The van der Waals surface area contributed by atoms with Gasteiger partial charge in [0.05, 0.1) is 19.2 Å². The van der Waals surface area contributed by atoms with Gasteiger partial charge in [0.25, 0.3) is 0 Å². The molecule has 0 unspecified atom stereocenters. The zero-order valence-electron chi connectivity index (χ0n) is 11.3. The van der Waals surface area contributed by atoms with Gasteiger partial charge in [0.2, 0.25) is 5.88 Å². The van der Waals surface area contributed by atoms with Crippen molar-refractivity contribution in [2.24, 2.45) is 0 Å². The maximum absolute atomic E-state index is 12.4. The molecule has 1 aromatic carbocycles. The van der Waals surface area contributed by atoms with Gasteiger partial charge in [-0.25, -0.2) is 9.97 Å². The second kappa shape index (κ2) is 5.61. The molecule has 0 N–H and O–H groups in total. The third-order valence-corrected chi connectivity index (χ3v) is 3.01. The number of carbonyl (C=O) groups excluding carboxylic acids is 1. The zero-order valence-corrected chi connectivity index (χ0v) is 11.3. The Balaban J connectivity index is 2.26. The van der Waals surface area contributed by atoms with Crippen LogP contribution < -0.4 is 4.74 Å². The predicted molar refractivity (Wildman–Crippen MR) is 72.5 cm³/mol. The molecule has 0 bridgehead atoms. The summed E-state index contributed by atoms with van der Waals surface area (Å²) in [5.74, 6) is 0.538. The van der Waals surface area contributed by atoms with E-state index in [-0.39, 0.29) is 12.2 Å². The molecule has 0 spiro atoms. The summed E-state index contributed by atoms with van der Waals surface area (Å²) >= 11 is 0. The molecule has 4 nitrogen and oxygen atoms in total. The number of Topliss-reactive ketones (excluding diaryl/α,β-unsaturated/α-hetero) is 1. The second-order valence-electron chi connectivity index (χ2n) is 4.42. The number of aryl methyl sites for hydroxylation is 2. The van der Waals surface area contributed by atoms with E-state index >= 15 is 0 Å². The molecule has 0 aliphatic rings. The van der Waals surface area contributed by atoms with Crippen LogP contribution in [0.25, 0.3) is 0 Å². The van der Waals surface area contributed by atoms with Gasteiger partial charge in [-0.05, 0) is 25.0 Å². The zero-order chi connectivity index (χ0) is 13.8. The molecule has 1 aromatic heterocycles. The SMILES string of the molecule is COc1cc(CC(=O)c2c(C)cccc2C)ncn1. The van der Waals surface area contributed by atoms with E-state index in [1.54, 1.807) is 13.2 Å². The van der Waals surface area contributed by atoms with Gasteiger partial charge in [-0.3, -0.25) is 4.79 Å². The molecule has 0 aliphatic heterocycles. The van der Waals surface area contributed by atoms with E-state index in [2.05, 4.69) is 9.97 Å². The summed E-state index contributed by atoms with van der Waals surface area (Å²) in [6, 6.07) is 7.53. The van der Waals surface area contributed by atoms with Gasteiger partial charge >= 0.3 is 0 Å². The number of hydrogen-bond acceptors (Lipinski definition) is 4. The molecule has 0 saturated heterocycles. The van der Waals surface area contributed by atoms with E-state index < -0.39 is 0 Å². The molecule has 0 radical (unpaired) electrons. The largest absolute Gasteiger partial charge is 0.481 e. The van der Waals surface area contributed by atoms with Gasteiger partial charge in [-0.15, -0.1) is 0 Å². The average Bonchev–Trinajstić information content (AvgIpc) is 2.38. The number of hydrogen-bond donors (Lipinski definition) is 0. The Morgan fingerprint density at radius 3 is 2.53 bits per heavy atom. The van der Waals surface area contributed by atoms with Crippen LogP contribution in [-0.4, -0.2) is 22.9 Å². The molecule has 19 heavy (non-hydrogen) atoms. The lowest BCUT2D eigenvalue weighted by Crippen LogP contribution is -2.09. The first-order valence-corrected chi connectivity index (χ1v) is 6.06. The Morgan fingerprint density at radius 2 is 1.89 bits per heavy atom. The van der Waals surface area contributed by atoms with E-state index in [0.29, 0.717) is 11.6 Å². The van der Waals surface area contributed by atoms with Crippen LogP contribution in [0.2, 0.25) is 0 Å². The Kier molecular flexibility index (Phi) is 3.90. The lowest BCUT2D eigenvalue weighted by atomic mass is 9.97. The van der Waals surface area contributed by atoms with Gasteiger partial charge in [0.15, 0.2) is 5.78 Å². The topological polar surface area (TPSA) is 52.1 Å². The number of rotatable bonds is 4. The third kappa shape index (κ3) is 2.96. The molecule has 98 valence electrons. The standard InChI is InChI=1S/C15H16N2O2/c1-10-5-4-6-11(2)15(10)13(18)7-12-8-14(19-3)17-9-16-12/h4-6,8-9H,7H2,1-3H3. The highest BCUT2D eigenvalue weighted by atomic mass is 16.5. The molecule has 0 saturated carbocycles. The smallest absolute Gasteiger partial charge is 0.216 e. The number of ether oxygens (including phenoxy) is 1. The monoisotopic (exact) mass is 256 g/mol. The molecule has 0 fully saturated rings. The molecule has 2 aromatic rings. The number of methoxy groups -OCH3 is 1. The van der Waals surface area contributed by atoms with Crippen LogP contribution in [0, 0.1) is 13.8 Å². The lowest BCUT2D eigenvalue weighted by molar-refractivity contribution is 0.0990. The summed E-state index contributed by atoms with van der Waals surface area (Å²) in [6.45, 7) is 3.89. The average molecular weight is 256 g/mol. The summed E-state index contributed by atoms with van der Waals surface area (Å²) in [5, 5.41) is 0. The maximum Gasteiger partial charge on any atom is 0.216 e. The minimum atomic E-state index is 0.0661. The number of nitrogens with zero attached hydrogens (tertiary/aromatic N) is 2. The van der Waals surface area contributed by atoms with Crippen LogP contribution in [-0.2, 0) is 6.42 Å². The summed E-state index contributed by atoms with van der Waals surface area (Å²) in [6.07, 6.45) is 1.66. The van der Waals surface area contributed by atoms with Crippen molar-refractivity contribution in [3.05, 3.63) is 53.0 Å². The highest BCUT2D eigenvalue weighted by molar-refractivity contribution is 5.99. The first-order chi connectivity index (χ1) is 9.11. The highest BCUT2D eigenvalue weighted by Crippen LogP contribution is 2.16. The maximum atomic E-state index is 12.4. The van der Waals surface area contributed by atoms with E-state index in [1.165, 1.54) is 6.33 Å². The van der Waals surface area contributed by atoms with Crippen molar-refractivity contribution in [1.82, 2.24) is 9.97 Å². The van der Waals surface area contributed by atoms with Crippen molar-refractivity contribution in [1.29, 1.82) is 0 Å². The molecule has 0 aliphatic carbocycles. The van der Waals surface area contributed by atoms with E-state index in [1.807, 2.05) is 32.0 Å². The molecule has 1 heterocycles. The summed E-state index contributed by atoms with van der Waals surface area (Å²) in [4.78, 5) is 20.4. The quantitative estimate of drug-likeness (QED) is 0.789. The fourth-order valence-corrected chi connectivity index (χ4v) is 2.09. The first-order valence-electron chi connectivity index (χ1n) is 6.06. The fourth-order valence-electron chi connectivity index (χ4n) is 2.09. The van der Waals surface area contributed by atoms with Crippen LogP contribution in [0.3, 0.4) is 0 Å². The Morgan fingerprint density at radius 1 is 1.21 bits per heavy atom. The summed E-state index contributed by atoms with van der Waals surface area (Å²) in [5.41, 5.74) is 3.43. The molecule has 2 rings (SSSR count). The van der Waals surface area contributed by atoms with Crippen molar-refractivity contribution < 1.29 is 9.53 Å². The van der Waals surface area contributed by atoms with Crippen molar-refractivity contribution in [3.63, 3.8) is 0 Å². The number of ketones is 1. The third-order valence-electron chi connectivity index (χ3n) is 3.01. The van der Waals surface area contributed by atoms with Gasteiger partial charge in [0.1, 0.15) is 6.33 Å². The number of aromatic nitrogens is 2. The first kappa shape index (κ1) is 13.2. The lowest BCUT2D eigenvalue weighted by Gasteiger charge is -2.08. The van der Waals surface area contributed by atoms with Gasteiger partial charge < -0.3 is 4.74 Å². The van der Waals surface area contributed by atoms with E-state index in [4.69, 9.17) is 4.74 Å². The summed E-state index contributed by atoms with van der Waals surface area (Å²) < 4.78 is 5.03. The van der Waals surface area contributed by atoms with Crippen molar-refractivity contribution in [2.75, 3.05) is 7.11 Å². The minimum absolute atomic E-state index is 0.0661. The summed E-state index contributed by atoms with van der Waals surface area (Å²) in [7, 11) is 1.54. The van der Waals surface area contributed by atoms with Gasteiger partial charge in [-0.1, -0.05) is 18.2 Å². The molecule has 4 heteroatoms. The van der Waals surface area contributed by atoms with Crippen molar-refractivity contribution >= 4 is 5.78 Å². The normalized spacial score (nSPS) is 10.3. The van der Waals surface area contributed by atoms with Crippen LogP contribution in [0.1, 0.15) is 27.2 Å². The van der Waals surface area contributed by atoms with Gasteiger partial charge in [-0.2, -0.15) is 0 Å². The molecular weight excluding hydrogens is 240 g/mol. The predicted octanol–water partition coefficient (Wildman–Crippen LogP) is 2.53.